The van der Waals surface area contributed by atoms with E-state index in [9.17, 15) is 0 Å². The Morgan fingerprint density at radius 3 is 2.53 bits per heavy atom. The largest absolute Gasteiger partial charge is 0.409 e. The van der Waals surface area contributed by atoms with Gasteiger partial charge in [0.25, 0.3) is 0 Å². The molecule has 5 heteroatoms. The normalized spacial score (nSPS) is 19.4. The van der Waals surface area contributed by atoms with Crippen LogP contribution in [0.2, 0.25) is 0 Å². The summed E-state index contributed by atoms with van der Waals surface area (Å²) in [7, 11) is 0. The molecular weight excluding hydrogens is 218 g/mol. The van der Waals surface area contributed by atoms with E-state index in [1.807, 2.05) is 13.8 Å². The molecule has 0 heterocycles. The average molecular weight is 243 g/mol. The molecule has 0 amide bonds. The molecule has 5 nitrogen and oxygen atoms in total. The summed E-state index contributed by atoms with van der Waals surface area (Å²) in [5.74, 6) is 0.291. The molecule has 17 heavy (non-hydrogen) atoms. The standard InChI is InChI=1S/C12H25N3O2/c1-11(2,10(13)15-17)5-3-4-8-14-12(9-16)6-7-12/h14,16-17H,3-9H2,1-2H3,(H2,13,15). The van der Waals surface area contributed by atoms with E-state index in [4.69, 9.17) is 16.0 Å². The molecule has 0 radical (unpaired) electrons. The van der Waals surface area contributed by atoms with E-state index in [2.05, 4.69) is 10.5 Å². The lowest BCUT2D eigenvalue weighted by molar-refractivity contribution is 0.229. The zero-order chi connectivity index (χ0) is 12.9. The summed E-state index contributed by atoms with van der Waals surface area (Å²) in [6.07, 6.45) is 5.14. The van der Waals surface area contributed by atoms with Crippen LogP contribution in [0.1, 0.15) is 46.0 Å². The van der Waals surface area contributed by atoms with Crippen molar-refractivity contribution in [3.05, 3.63) is 0 Å². The molecule has 0 aromatic carbocycles. The van der Waals surface area contributed by atoms with Gasteiger partial charge in [0.05, 0.1) is 6.61 Å². The van der Waals surface area contributed by atoms with Crippen molar-refractivity contribution in [2.75, 3.05) is 13.2 Å². The van der Waals surface area contributed by atoms with Crippen molar-refractivity contribution in [1.29, 1.82) is 0 Å². The predicted molar refractivity (Wildman–Crippen MR) is 68.1 cm³/mol. The molecule has 1 fully saturated rings. The van der Waals surface area contributed by atoms with E-state index in [1.54, 1.807) is 0 Å². The highest BCUT2D eigenvalue weighted by Crippen LogP contribution is 2.34. The lowest BCUT2D eigenvalue weighted by Crippen LogP contribution is -2.35. The molecule has 1 aliphatic rings. The van der Waals surface area contributed by atoms with Crippen molar-refractivity contribution in [2.24, 2.45) is 16.3 Å². The van der Waals surface area contributed by atoms with Gasteiger partial charge in [-0.15, -0.1) is 0 Å². The molecule has 0 bridgehead atoms. The second-order valence-electron chi connectivity index (χ2n) is 5.69. The third-order valence-electron chi connectivity index (χ3n) is 3.69. The third-order valence-corrected chi connectivity index (χ3v) is 3.69. The number of nitrogens with two attached hydrogens (primary N) is 1. The van der Waals surface area contributed by atoms with E-state index in [-0.39, 0.29) is 17.6 Å². The first kappa shape index (κ1) is 14.3. The second-order valence-corrected chi connectivity index (χ2v) is 5.69. The molecule has 1 saturated carbocycles. The minimum Gasteiger partial charge on any atom is -0.409 e. The van der Waals surface area contributed by atoms with Crippen LogP contribution < -0.4 is 11.1 Å². The Balaban J connectivity index is 2.12. The maximum Gasteiger partial charge on any atom is 0.144 e. The van der Waals surface area contributed by atoms with Crippen molar-refractivity contribution in [3.63, 3.8) is 0 Å². The van der Waals surface area contributed by atoms with Gasteiger partial charge in [0, 0.05) is 11.0 Å². The van der Waals surface area contributed by atoms with Gasteiger partial charge < -0.3 is 21.4 Å². The molecule has 0 saturated heterocycles. The number of aliphatic hydroxyl groups is 1. The van der Waals surface area contributed by atoms with Crippen LogP contribution in [-0.4, -0.2) is 34.8 Å². The number of rotatable bonds is 8. The maximum absolute atomic E-state index is 9.12. The van der Waals surface area contributed by atoms with E-state index in [0.717, 1.165) is 38.6 Å². The average Bonchev–Trinajstić information content (AvgIpc) is 3.08. The monoisotopic (exact) mass is 243 g/mol. The Kier molecular flexibility index (Phi) is 4.77. The fourth-order valence-electron chi connectivity index (χ4n) is 1.85. The van der Waals surface area contributed by atoms with Crippen LogP contribution in [0, 0.1) is 5.41 Å². The molecule has 0 spiro atoms. The number of hydrogen-bond donors (Lipinski definition) is 4. The number of aliphatic hydroxyl groups excluding tert-OH is 1. The van der Waals surface area contributed by atoms with Crippen molar-refractivity contribution < 1.29 is 10.3 Å². The van der Waals surface area contributed by atoms with Gasteiger partial charge in [-0.2, -0.15) is 0 Å². The summed E-state index contributed by atoms with van der Waals surface area (Å²) in [5.41, 5.74) is 5.40. The van der Waals surface area contributed by atoms with Crippen LogP contribution in [0.25, 0.3) is 0 Å². The summed E-state index contributed by atoms with van der Waals surface area (Å²) in [6, 6.07) is 0. The third kappa shape index (κ3) is 4.16. The minimum absolute atomic E-state index is 0.0289. The van der Waals surface area contributed by atoms with Crippen LogP contribution in [-0.2, 0) is 0 Å². The smallest absolute Gasteiger partial charge is 0.144 e. The van der Waals surface area contributed by atoms with Crippen LogP contribution in [0.15, 0.2) is 5.16 Å². The predicted octanol–water partition coefficient (Wildman–Crippen LogP) is 1.04. The fraction of sp³-hybridized carbons (Fsp3) is 0.917. The zero-order valence-electron chi connectivity index (χ0n) is 10.9. The van der Waals surface area contributed by atoms with Gasteiger partial charge in [0.15, 0.2) is 0 Å². The van der Waals surface area contributed by atoms with Gasteiger partial charge in [-0.3, -0.25) is 0 Å². The minimum atomic E-state index is -0.247. The SMILES string of the molecule is CC(C)(CCCCNC1(CO)CC1)C(N)=NO. The number of unbranched alkanes of at least 4 members (excludes halogenated alkanes) is 1. The highest BCUT2D eigenvalue weighted by Gasteiger charge is 2.41. The summed E-state index contributed by atoms with van der Waals surface area (Å²) in [6.45, 7) is 5.12. The van der Waals surface area contributed by atoms with E-state index in [1.165, 1.54) is 0 Å². The zero-order valence-corrected chi connectivity index (χ0v) is 10.9. The van der Waals surface area contributed by atoms with E-state index in [0.29, 0.717) is 5.84 Å². The summed E-state index contributed by atoms with van der Waals surface area (Å²) in [4.78, 5) is 0. The molecule has 0 aromatic rings. The highest BCUT2D eigenvalue weighted by atomic mass is 16.4. The Morgan fingerprint density at radius 2 is 2.06 bits per heavy atom. The van der Waals surface area contributed by atoms with Crippen LogP contribution in [0.4, 0.5) is 0 Å². The van der Waals surface area contributed by atoms with Crippen LogP contribution in [0.5, 0.6) is 0 Å². The molecule has 1 aliphatic carbocycles. The first-order valence-corrected chi connectivity index (χ1v) is 6.30. The highest BCUT2D eigenvalue weighted by molar-refractivity contribution is 5.85. The summed E-state index contributed by atoms with van der Waals surface area (Å²) < 4.78 is 0. The van der Waals surface area contributed by atoms with Gasteiger partial charge in [-0.05, 0) is 32.2 Å². The maximum atomic E-state index is 9.12. The lowest BCUT2D eigenvalue weighted by atomic mass is 9.86. The fourth-order valence-corrected chi connectivity index (χ4v) is 1.85. The molecule has 0 unspecified atom stereocenters. The molecule has 100 valence electrons. The van der Waals surface area contributed by atoms with Gasteiger partial charge in [-0.25, -0.2) is 0 Å². The lowest BCUT2D eigenvalue weighted by Gasteiger charge is -2.22. The molecule has 0 aromatic heterocycles. The topological polar surface area (TPSA) is 90.9 Å². The Morgan fingerprint density at radius 1 is 1.41 bits per heavy atom. The number of amidine groups is 1. The Hall–Kier alpha value is -0.810. The van der Waals surface area contributed by atoms with Crippen LogP contribution in [0.3, 0.4) is 0 Å². The Bertz CT molecular complexity index is 273. The molecule has 1 rings (SSSR count). The van der Waals surface area contributed by atoms with Gasteiger partial charge >= 0.3 is 0 Å². The number of nitrogens with one attached hydrogen (secondary N) is 1. The van der Waals surface area contributed by atoms with E-state index < -0.39 is 0 Å². The summed E-state index contributed by atoms with van der Waals surface area (Å²) in [5, 5.41) is 24.2. The number of nitrogens with zero attached hydrogens (tertiary/aromatic N) is 1. The number of hydrogen-bond acceptors (Lipinski definition) is 4. The van der Waals surface area contributed by atoms with Gasteiger partial charge in [0.1, 0.15) is 5.84 Å². The quantitative estimate of drug-likeness (QED) is 0.169. The molecule has 0 atom stereocenters. The first-order valence-electron chi connectivity index (χ1n) is 6.30. The summed E-state index contributed by atoms with van der Waals surface area (Å²) >= 11 is 0. The van der Waals surface area contributed by atoms with Crippen LogP contribution >= 0.6 is 0 Å². The van der Waals surface area contributed by atoms with Crippen molar-refractivity contribution >= 4 is 5.84 Å². The van der Waals surface area contributed by atoms with Gasteiger partial charge in [0.2, 0.25) is 0 Å². The first-order chi connectivity index (χ1) is 7.96. The van der Waals surface area contributed by atoms with Crippen molar-refractivity contribution in [2.45, 2.75) is 51.5 Å². The van der Waals surface area contributed by atoms with Gasteiger partial charge in [-0.1, -0.05) is 25.4 Å². The number of oxime groups is 1. The Labute approximate surface area is 103 Å². The molecular formula is C12H25N3O2. The molecule has 0 aliphatic heterocycles. The van der Waals surface area contributed by atoms with E-state index >= 15 is 0 Å². The molecule has 5 N–H and O–H groups in total. The van der Waals surface area contributed by atoms with Crippen molar-refractivity contribution in [1.82, 2.24) is 5.32 Å². The second kappa shape index (κ2) is 5.69. The van der Waals surface area contributed by atoms with Crippen molar-refractivity contribution in [3.8, 4) is 0 Å².